The summed E-state index contributed by atoms with van der Waals surface area (Å²) in [5, 5.41) is 2.87. The quantitative estimate of drug-likeness (QED) is 0.430. The van der Waals surface area contributed by atoms with E-state index in [9.17, 15) is 18.0 Å². The zero-order valence-electron chi connectivity index (χ0n) is 10.4. The highest BCUT2D eigenvalue weighted by Gasteiger charge is 2.30. The molecule has 7 heteroatoms. The van der Waals surface area contributed by atoms with Crippen LogP contribution in [0.25, 0.3) is 0 Å². The zero-order chi connectivity index (χ0) is 14.5. The van der Waals surface area contributed by atoms with Crippen LogP contribution < -0.4 is 16.6 Å². The van der Waals surface area contributed by atoms with E-state index in [1.807, 2.05) is 5.43 Å². The number of amides is 1. The average molecular weight is 275 g/mol. The van der Waals surface area contributed by atoms with Gasteiger partial charge in [-0.2, -0.15) is 13.2 Å². The van der Waals surface area contributed by atoms with E-state index in [-0.39, 0.29) is 18.5 Å². The molecule has 1 amide bonds. The number of nitrogens with two attached hydrogens (primary N) is 1. The summed E-state index contributed by atoms with van der Waals surface area (Å²) in [5.41, 5.74) is 1.85. The van der Waals surface area contributed by atoms with E-state index in [0.29, 0.717) is 12.0 Å². The molecule has 0 aliphatic carbocycles. The minimum absolute atomic E-state index is 0.0244. The first kappa shape index (κ1) is 15.5. The van der Waals surface area contributed by atoms with Crippen LogP contribution >= 0.6 is 0 Å². The Morgan fingerprint density at radius 3 is 2.68 bits per heavy atom. The number of hydrazine groups is 1. The molecule has 106 valence electrons. The van der Waals surface area contributed by atoms with Gasteiger partial charge in [0.1, 0.15) is 0 Å². The van der Waals surface area contributed by atoms with Crippen LogP contribution in [-0.2, 0) is 17.4 Å². The summed E-state index contributed by atoms with van der Waals surface area (Å²) in [6.07, 6.45) is -3.95. The van der Waals surface area contributed by atoms with Gasteiger partial charge < -0.3 is 5.32 Å². The Balaban J connectivity index is 2.59. The van der Waals surface area contributed by atoms with Gasteiger partial charge in [-0.25, -0.2) is 5.84 Å². The topological polar surface area (TPSA) is 67.2 Å². The number of hydrogen-bond acceptors (Lipinski definition) is 3. The molecule has 0 saturated carbocycles. The standard InChI is InChI=1S/C12H16F3N3O/c1-8(17-7-11(19)18-16)5-9-3-2-4-10(6-9)12(13,14)15/h2-4,6,8,17H,5,7,16H2,1H3,(H,18,19). The van der Waals surface area contributed by atoms with Crippen molar-refractivity contribution < 1.29 is 18.0 Å². The monoisotopic (exact) mass is 275 g/mol. The molecular weight excluding hydrogens is 259 g/mol. The molecule has 0 aliphatic rings. The molecule has 1 aromatic rings. The second kappa shape index (κ2) is 6.53. The predicted octanol–water partition coefficient (Wildman–Crippen LogP) is 1.22. The Morgan fingerprint density at radius 1 is 1.42 bits per heavy atom. The van der Waals surface area contributed by atoms with Crippen molar-refractivity contribution in [2.45, 2.75) is 25.6 Å². The van der Waals surface area contributed by atoms with Crippen molar-refractivity contribution in [3.8, 4) is 0 Å². The van der Waals surface area contributed by atoms with E-state index >= 15 is 0 Å². The first-order valence-electron chi connectivity index (χ1n) is 5.72. The highest BCUT2D eigenvalue weighted by Crippen LogP contribution is 2.29. The molecule has 0 spiro atoms. The highest BCUT2D eigenvalue weighted by atomic mass is 19.4. The van der Waals surface area contributed by atoms with Gasteiger partial charge in [0.05, 0.1) is 12.1 Å². The number of nitrogens with one attached hydrogen (secondary N) is 2. The number of benzene rings is 1. The maximum atomic E-state index is 12.5. The van der Waals surface area contributed by atoms with E-state index in [2.05, 4.69) is 5.32 Å². The van der Waals surface area contributed by atoms with Gasteiger partial charge in [-0.1, -0.05) is 18.2 Å². The van der Waals surface area contributed by atoms with E-state index in [4.69, 9.17) is 5.84 Å². The summed E-state index contributed by atoms with van der Waals surface area (Å²) >= 11 is 0. The van der Waals surface area contributed by atoms with Crippen molar-refractivity contribution in [1.29, 1.82) is 0 Å². The van der Waals surface area contributed by atoms with Crippen LogP contribution in [0.2, 0.25) is 0 Å². The van der Waals surface area contributed by atoms with Crippen LogP contribution in [0.1, 0.15) is 18.1 Å². The van der Waals surface area contributed by atoms with Crippen LogP contribution in [-0.4, -0.2) is 18.5 Å². The van der Waals surface area contributed by atoms with Crippen LogP contribution in [0, 0.1) is 0 Å². The van der Waals surface area contributed by atoms with E-state index < -0.39 is 11.7 Å². The molecule has 0 aromatic heterocycles. The van der Waals surface area contributed by atoms with Gasteiger partial charge in [0, 0.05) is 6.04 Å². The third-order valence-electron chi connectivity index (χ3n) is 2.57. The first-order chi connectivity index (χ1) is 8.82. The molecule has 0 saturated heterocycles. The smallest absolute Gasteiger partial charge is 0.306 e. The number of hydrogen-bond donors (Lipinski definition) is 3. The minimum Gasteiger partial charge on any atom is -0.306 e. The molecule has 0 heterocycles. The Morgan fingerprint density at radius 2 is 2.11 bits per heavy atom. The molecule has 1 aromatic carbocycles. The van der Waals surface area contributed by atoms with Crippen LogP contribution in [0.4, 0.5) is 13.2 Å². The number of alkyl halides is 3. The summed E-state index contributed by atoms with van der Waals surface area (Å²) in [6.45, 7) is 1.81. The van der Waals surface area contributed by atoms with Crippen LogP contribution in [0.5, 0.6) is 0 Å². The van der Waals surface area contributed by atoms with Gasteiger partial charge in [-0.05, 0) is 25.0 Å². The number of halogens is 3. The first-order valence-corrected chi connectivity index (χ1v) is 5.72. The Hall–Kier alpha value is -1.60. The molecule has 0 bridgehead atoms. The highest BCUT2D eigenvalue weighted by molar-refractivity contribution is 5.77. The lowest BCUT2D eigenvalue weighted by molar-refractivity contribution is -0.137. The fraction of sp³-hybridized carbons (Fsp3) is 0.417. The second-order valence-electron chi connectivity index (χ2n) is 4.25. The maximum Gasteiger partial charge on any atom is 0.416 e. The number of rotatable bonds is 5. The SMILES string of the molecule is CC(Cc1cccc(C(F)(F)F)c1)NCC(=O)NN. The fourth-order valence-corrected chi connectivity index (χ4v) is 1.62. The lowest BCUT2D eigenvalue weighted by atomic mass is 10.0. The van der Waals surface area contributed by atoms with Gasteiger partial charge >= 0.3 is 6.18 Å². The van der Waals surface area contributed by atoms with Gasteiger partial charge in [0.25, 0.3) is 0 Å². The Kier molecular flexibility index (Phi) is 5.31. The van der Waals surface area contributed by atoms with Gasteiger partial charge in [-0.15, -0.1) is 0 Å². The molecule has 19 heavy (non-hydrogen) atoms. The normalized spacial score (nSPS) is 13.1. The molecule has 1 atom stereocenters. The number of carbonyl (C=O) groups excluding carboxylic acids is 1. The molecule has 1 rings (SSSR count). The predicted molar refractivity (Wildman–Crippen MR) is 64.9 cm³/mol. The molecule has 1 unspecified atom stereocenters. The van der Waals surface area contributed by atoms with E-state index in [1.165, 1.54) is 6.07 Å². The van der Waals surface area contributed by atoms with Gasteiger partial charge in [0.15, 0.2) is 0 Å². The summed E-state index contributed by atoms with van der Waals surface area (Å²) in [5.74, 6) is 4.54. The second-order valence-corrected chi connectivity index (χ2v) is 4.25. The maximum absolute atomic E-state index is 12.5. The van der Waals surface area contributed by atoms with Crippen LogP contribution in [0.15, 0.2) is 24.3 Å². The zero-order valence-corrected chi connectivity index (χ0v) is 10.4. The van der Waals surface area contributed by atoms with Crippen molar-refractivity contribution >= 4 is 5.91 Å². The summed E-state index contributed by atoms with van der Waals surface area (Å²) in [7, 11) is 0. The Labute approximate surface area is 109 Å². The number of carbonyl (C=O) groups is 1. The van der Waals surface area contributed by atoms with Crippen molar-refractivity contribution in [2.24, 2.45) is 5.84 Å². The molecule has 0 radical (unpaired) electrons. The molecule has 4 N–H and O–H groups in total. The van der Waals surface area contributed by atoms with Crippen molar-refractivity contribution in [2.75, 3.05) is 6.54 Å². The lowest BCUT2D eigenvalue weighted by Crippen LogP contribution is -2.41. The molecule has 0 aliphatic heterocycles. The third kappa shape index (κ3) is 5.27. The molecule has 4 nitrogen and oxygen atoms in total. The van der Waals surface area contributed by atoms with Gasteiger partial charge in [0.2, 0.25) is 5.91 Å². The van der Waals surface area contributed by atoms with Crippen LogP contribution in [0.3, 0.4) is 0 Å². The summed E-state index contributed by atoms with van der Waals surface area (Å²) in [4.78, 5) is 10.9. The fourth-order valence-electron chi connectivity index (χ4n) is 1.62. The summed E-state index contributed by atoms with van der Waals surface area (Å²) < 4.78 is 37.6. The Bertz CT molecular complexity index is 434. The minimum atomic E-state index is -4.34. The van der Waals surface area contributed by atoms with Gasteiger partial charge in [-0.3, -0.25) is 10.2 Å². The lowest BCUT2D eigenvalue weighted by Gasteiger charge is -2.14. The average Bonchev–Trinajstić information content (AvgIpc) is 2.35. The van der Waals surface area contributed by atoms with Crippen molar-refractivity contribution in [1.82, 2.24) is 10.7 Å². The van der Waals surface area contributed by atoms with E-state index in [1.54, 1.807) is 13.0 Å². The molecule has 0 fully saturated rings. The van der Waals surface area contributed by atoms with Crippen molar-refractivity contribution in [3.63, 3.8) is 0 Å². The third-order valence-corrected chi connectivity index (χ3v) is 2.57. The van der Waals surface area contributed by atoms with E-state index in [0.717, 1.165) is 12.1 Å². The summed E-state index contributed by atoms with van der Waals surface area (Å²) in [6, 6.07) is 5.00. The molecular formula is C12H16F3N3O. The largest absolute Gasteiger partial charge is 0.416 e. The van der Waals surface area contributed by atoms with Crippen molar-refractivity contribution in [3.05, 3.63) is 35.4 Å².